The lowest BCUT2D eigenvalue weighted by Gasteiger charge is -2.05. The van der Waals surface area contributed by atoms with Crippen LogP contribution in [0.15, 0.2) is 64.6 Å². The molecule has 1 amide bonds. The van der Waals surface area contributed by atoms with Crippen molar-refractivity contribution in [3.8, 4) is 0 Å². The highest BCUT2D eigenvalue weighted by Gasteiger charge is 2.10. The monoisotopic (exact) mass is 383 g/mol. The molecule has 6 heteroatoms. The number of nitrogens with one attached hydrogen (secondary N) is 2. The summed E-state index contributed by atoms with van der Waals surface area (Å²) in [5.41, 5.74) is 4.11. The average molecular weight is 384 g/mol. The van der Waals surface area contributed by atoms with Crippen LogP contribution < -0.4 is 5.32 Å². The molecule has 0 fully saturated rings. The lowest BCUT2D eigenvalue weighted by Crippen LogP contribution is -2.14. The maximum Gasteiger partial charge on any atom is 0.234 e. The summed E-state index contributed by atoms with van der Waals surface area (Å²) in [6.07, 6.45) is 2.81. The lowest BCUT2D eigenvalue weighted by atomic mass is 10.1. The SMILES string of the molecule is CSc1cccc(NC(=O)CSc2nc(Cc3ccccc3)c(C)[nH]2)c1. The molecule has 0 unspecified atom stereocenters. The fraction of sp³-hybridized carbons (Fsp3) is 0.200. The van der Waals surface area contributed by atoms with Crippen LogP contribution in [0.2, 0.25) is 0 Å². The van der Waals surface area contributed by atoms with Gasteiger partial charge in [0.1, 0.15) is 0 Å². The summed E-state index contributed by atoms with van der Waals surface area (Å²) >= 11 is 3.07. The van der Waals surface area contributed by atoms with Crippen molar-refractivity contribution in [3.63, 3.8) is 0 Å². The van der Waals surface area contributed by atoms with E-state index in [4.69, 9.17) is 0 Å². The predicted molar refractivity (Wildman–Crippen MR) is 110 cm³/mol. The first kappa shape index (κ1) is 18.6. The number of aryl methyl sites for hydroxylation is 1. The molecule has 0 aliphatic carbocycles. The minimum atomic E-state index is -0.0353. The lowest BCUT2D eigenvalue weighted by molar-refractivity contribution is -0.113. The van der Waals surface area contributed by atoms with Gasteiger partial charge in [-0.15, -0.1) is 11.8 Å². The van der Waals surface area contributed by atoms with Gasteiger partial charge in [-0.25, -0.2) is 4.98 Å². The number of anilines is 1. The number of aromatic amines is 1. The Morgan fingerprint density at radius 1 is 1.15 bits per heavy atom. The van der Waals surface area contributed by atoms with Crippen LogP contribution in [0.25, 0.3) is 0 Å². The number of carbonyl (C=O) groups excluding carboxylic acids is 1. The third-order valence-electron chi connectivity index (χ3n) is 3.87. The van der Waals surface area contributed by atoms with E-state index in [1.807, 2.05) is 55.6 Å². The molecule has 26 heavy (non-hydrogen) atoms. The standard InChI is InChI=1S/C20H21N3OS2/c1-14-18(11-15-7-4-3-5-8-15)23-20(21-14)26-13-19(24)22-16-9-6-10-17(12-16)25-2/h3-10,12H,11,13H2,1-2H3,(H,21,23)(H,22,24). The summed E-state index contributed by atoms with van der Waals surface area (Å²) in [4.78, 5) is 21.2. The van der Waals surface area contributed by atoms with Gasteiger partial charge in [0.05, 0.1) is 11.4 Å². The van der Waals surface area contributed by atoms with Crippen LogP contribution in [0.3, 0.4) is 0 Å². The van der Waals surface area contributed by atoms with Gasteiger partial charge in [0.15, 0.2) is 5.16 Å². The van der Waals surface area contributed by atoms with Crippen LogP contribution in [0.4, 0.5) is 5.69 Å². The molecule has 1 aromatic heterocycles. The molecule has 3 aromatic rings. The maximum absolute atomic E-state index is 12.2. The zero-order chi connectivity index (χ0) is 18.4. The third kappa shape index (κ3) is 5.16. The molecule has 134 valence electrons. The average Bonchev–Trinajstić information content (AvgIpc) is 3.00. The van der Waals surface area contributed by atoms with Crippen molar-refractivity contribution >= 4 is 35.1 Å². The molecule has 3 rings (SSSR count). The van der Waals surface area contributed by atoms with E-state index in [0.717, 1.165) is 33.5 Å². The fourth-order valence-electron chi connectivity index (χ4n) is 2.53. The Hall–Kier alpha value is -2.18. The largest absolute Gasteiger partial charge is 0.337 e. The topological polar surface area (TPSA) is 57.8 Å². The van der Waals surface area contributed by atoms with E-state index in [9.17, 15) is 4.79 Å². The second-order valence-electron chi connectivity index (χ2n) is 5.84. The van der Waals surface area contributed by atoms with Crippen molar-refractivity contribution in [2.45, 2.75) is 23.4 Å². The fourth-order valence-corrected chi connectivity index (χ4v) is 3.73. The highest BCUT2D eigenvalue weighted by Crippen LogP contribution is 2.21. The van der Waals surface area contributed by atoms with Gasteiger partial charge in [0.25, 0.3) is 0 Å². The number of imidazole rings is 1. The second-order valence-corrected chi connectivity index (χ2v) is 7.69. The summed E-state index contributed by atoms with van der Waals surface area (Å²) in [6.45, 7) is 2.02. The molecule has 0 radical (unpaired) electrons. The normalized spacial score (nSPS) is 10.7. The first-order valence-corrected chi connectivity index (χ1v) is 10.5. The van der Waals surface area contributed by atoms with Gasteiger partial charge in [0, 0.05) is 22.7 Å². The number of H-pyrrole nitrogens is 1. The van der Waals surface area contributed by atoms with Gasteiger partial charge in [-0.05, 0) is 36.9 Å². The number of carbonyl (C=O) groups is 1. The summed E-state index contributed by atoms with van der Waals surface area (Å²) in [5, 5.41) is 3.71. The molecule has 0 aliphatic heterocycles. The van der Waals surface area contributed by atoms with Gasteiger partial charge in [-0.3, -0.25) is 4.79 Å². The van der Waals surface area contributed by atoms with Gasteiger partial charge in [-0.2, -0.15) is 0 Å². The molecule has 2 aromatic carbocycles. The number of hydrogen-bond acceptors (Lipinski definition) is 4. The molecule has 0 saturated heterocycles. The highest BCUT2D eigenvalue weighted by molar-refractivity contribution is 7.99. The van der Waals surface area contributed by atoms with Crippen molar-refractivity contribution in [2.24, 2.45) is 0 Å². The van der Waals surface area contributed by atoms with E-state index in [0.29, 0.717) is 5.75 Å². The van der Waals surface area contributed by atoms with Crippen LogP contribution in [0, 0.1) is 6.92 Å². The highest BCUT2D eigenvalue weighted by atomic mass is 32.2. The van der Waals surface area contributed by atoms with Crippen LogP contribution in [-0.4, -0.2) is 27.9 Å². The molecule has 0 atom stereocenters. The van der Waals surface area contributed by atoms with E-state index in [-0.39, 0.29) is 5.91 Å². The van der Waals surface area contributed by atoms with Gasteiger partial charge in [0.2, 0.25) is 5.91 Å². The minimum absolute atomic E-state index is 0.0353. The van der Waals surface area contributed by atoms with Crippen LogP contribution >= 0.6 is 23.5 Å². The van der Waals surface area contributed by atoms with E-state index in [2.05, 4.69) is 27.4 Å². The Balaban J connectivity index is 1.56. The molecule has 0 bridgehead atoms. The second kappa shape index (κ2) is 8.96. The summed E-state index contributed by atoms with van der Waals surface area (Å²) < 4.78 is 0. The molecule has 0 aliphatic rings. The smallest absolute Gasteiger partial charge is 0.234 e. The van der Waals surface area contributed by atoms with Crippen LogP contribution in [-0.2, 0) is 11.2 Å². The Morgan fingerprint density at radius 2 is 1.96 bits per heavy atom. The minimum Gasteiger partial charge on any atom is -0.337 e. The molecule has 4 nitrogen and oxygen atoms in total. The summed E-state index contributed by atoms with van der Waals surface area (Å²) in [6, 6.07) is 18.1. The summed E-state index contributed by atoms with van der Waals surface area (Å²) in [7, 11) is 0. The summed E-state index contributed by atoms with van der Waals surface area (Å²) in [5.74, 6) is 0.285. The first-order valence-electron chi connectivity index (χ1n) is 8.30. The van der Waals surface area contributed by atoms with E-state index < -0.39 is 0 Å². The van der Waals surface area contributed by atoms with E-state index in [1.54, 1.807) is 11.8 Å². The Bertz CT molecular complexity index is 878. The van der Waals surface area contributed by atoms with E-state index in [1.165, 1.54) is 17.3 Å². The molecular formula is C20H21N3OS2. The predicted octanol–water partition coefficient (Wildman–Crippen LogP) is 4.76. The Kier molecular flexibility index (Phi) is 6.41. The van der Waals surface area contributed by atoms with Crippen molar-refractivity contribution in [3.05, 3.63) is 71.5 Å². The van der Waals surface area contributed by atoms with Gasteiger partial charge < -0.3 is 10.3 Å². The number of amides is 1. The zero-order valence-electron chi connectivity index (χ0n) is 14.8. The first-order chi connectivity index (χ1) is 12.6. The third-order valence-corrected chi connectivity index (χ3v) is 5.47. The van der Waals surface area contributed by atoms with Crippen molar-refractivity contribution in [1.29, 1.82) is 0 Å². The molecule has 2 N–H and O–H groups in total. The number of aromatic nitrogens is 2. The molecule has 0 saturated carbocycles. The number of benzene rings is 2. The molecule has 1 heterocycles. The number of nitrogens with zero attached hydrogens (tertiary/aromatic N) is 1. The molecular weight excluding hydrogens is 362 g/mol. The quantitative estimate of drug-likeness (QED) is 0.578. The number of thioether (sulfide) groups is 2. The Morgan fingerprint density at radius 3 is 2.73 bits per heavy atom. The number of rotatable bonds is 7. The van der Waals surface area contributed by atoms with E-state index >= 15 is 0 Å². The van der Waals surface area contributed by atoms with Crippen molar-refractivity contribution in [1.82, 2.24) is 9.97 Å². The van der Waals surface area contributed by atoms with Crippen molar-refractivity contribution < 1.29 is 4.79 Å². The Labute approximate surface area is 162 Å². The van der Waals surface area contributed by atoms with Gasteiger partial charge in [-0.1, -0.05) is 48.2 Å². The van der Waals surface area contributed by atoms with Gasteiger partial charge >= 0.3 is 0 Å². The van der Waals surface area contributed by atoms with Crippen LogP contribution in [0.1, 0.15) is 17.0 Å². The zero-order valence-corrected chi connectivity index (χ0v) is 16.4. The number of hydrogen-bond donors (Lipinski definition) is 2. The maximum atomic E-state index is 12.2. The van der Waals surface area contributed by atoms with Crippen molar-refractivity contribution in [2.75, 3.05) is 17.3 Å². The molecule has 0 spiro atoms. The van der Waals surface area contributed by atoms with Crippen LogP contribution in [0.5, 0.6) is 0 Å².